The Kier molecular flexibility index (Phi) is 5.88. The molecule has 0 unspecified atom stereocenters. The van der Waals surface area contributed by atoms with Gasteiger partial charge in [0, 0.05) is 21.3 Å². The van der Waals surface area contributed by atoms with Crippen molar-refractivity contribution in [2.45, 2.75) is 43.9 Å². The third-order valence-electron chi connectivity index (χ3n) is 3.48. The Morgan fingerprint density at radius 1 is 1.35 bits per heavy atom. The molecule has 0 aromatic rings. The Hall–Kier alpha value is -0.650. The van der Waals surface area contributed by atoms with E-state index >= 15 is 0 Å². The maximum Gasteiger partial charge on any atom is 0.248 e. The molecule has 0 spiro atoms. The summed E-state index contributed by atoms with van der Waals surface area (Å²) < 4.78 is 10.1. The topological polar surface area (TPSA) is 59.0 Å². The lowest BCUT2D eigenvalue weighted by atomic mass is 10.0. The van der Waals surface area contributed by atoms with Crippen LogP contribution in [0.5, 0.6) is 0 Å². The minimum atomic E-state index is -0.617. The van der Waals surface area contributed by atoms with E-state index in [0.717, 1.165) is 25.7 Å². The first-order chi connectivity index (χ1) is 8.11. The zero-order valence-corrected chi connectivity index (χ0v) is 10.9. The predicted octanol–water partition coefficient (Wildman–Crippen LogP) is 0.410. The summed E-state index contributed by atoms with van der Waals surface area (Å²) in [5.41, 5.74) is 0. The van der Waals surface area contributed by atoms with Gasteiger partial charge in [0.1, 0.15) is 12.7 Å². The summed E-state index contributed by atoms with van der Waals surface area (Å²) in [5, 5.41) is 10.2. The Bertz CT molecular complexity index is 247. The minimum Gasteiger partial charge on any atom is -0.388 e. The third-order valence-corrected chi connectivity index (χ3v) is 3.48. The molecule has 1 aliphatic carbocycles. The molecule has 1 aliphatic rings. The molecule has 0 radical (unpaired) electrons. The van der Waals surface area contributed by atoms with Crippen LogP contribution >= 0.6 is 0 Å². The maximum absolute atomic E-state index is 11.7. The van der Waals surface area contributed by atoms with Crippen molar-refractivity contribution in [2.24, 2.45) is 0 Å². The molecular weight excluding hydrogens is 222 g/mol. The number of carbonyl (C=O) groups is 1. The van der Waals surface area contributed by atoms with E-state index in [1.54, 1.807) is 19.1 Å². The first kappa shape index (κ1) is 14.4. The molecule has 5 heteroatoms. The fourth-order valence-corrected chi connectivity index (χ4v) is 2.38. The van der Waals surface area contributed by atoms with Gasteiger partial charge in [-0.3, -0.25) is 4.79 Å². The second-order valence-corrected chi connectivity index (χ2v) is 4.55. The zero-order chi connectivity index (χ0) is 12.8. The van der Waals surface area contributed by atoms with E-state index in [9.17, 15) is 9.90 Å². The minimum absolute atomic E-state index is 0.0529. The monoisotopic (exact) mass is 245 g/mol. The van der Waals surface area contributed by atoms with Crippen LogP contribution in [0.25, 0.3) is 0 Å². The van der Waals surface area contributed by atoms with E-state index in [-0.39, 0.29) is 24.7 Å². The smallest absolute Gasteiger partial charge is 0.248 e. The van der Waals surface area contributed by atoms with Crippen molar-refractivity contribution in [3.63, 3.8) is 0 Å². The molecule has 1 N–H and O–H groups in total. The lowest BCUT2D eigenvalue weighted by Crippen LogP contribution is -2.49. The molecule has 0 heterocycles. The molecule has 3 atom stereocenters. The number of hydrogen-bond donors (Lipinski definition) is 1. The normalized spacial score (nSPS) is 29.8. The highest BCUT2D eigenvalue weighted by Gasteiger charge is 2.34. The molecule has 0 saturated heterocycles. The summed E-state index contributed by atoms with van der Waals surface area (Å²) in [6, 6.07) is -0.176. The summed E-state index contributed by atoms with van der Waals surface area (Å²) in [5.74, 6) is -0.103. The molecule has 0 bridgehead atoms. The van der Waals surface area contributed by atoms with Crippen molar-refractivity contribution >= 4 is 5.91 Å². The van der Waals surface area contributed by atoms with Gasteiger partial charge in [-0.05, 0) is 12.8 Å². The van der Waals surface area contributed by atoms with Crippen LogP contribution in [0.1, 0.15) is 25.7 Å². The number of hydrogen-bond acceptors (Lipinski definition) is 4. The second kappa shape index (κ2) is 6.93. The molecule has 100 valence electrons. The van der Waals surface area contributed by atoms with Crippen LogP contribution in [0.2, 0.25) is 0 Å². The SMILES string of the molecule is COCC(=O)N(C)[C@@H]1CCCC[C@@H](OC)[C@@H]1O. The molecule has 1 rings (SSSR count). The van der Waals surface area contributed by atoms with Crippen LogP contribution in [-0.4, -0.2) is 62.0 Å². The zero-order valence-electron chi connectivity index (χ0n) is 10.9. The molecule has 17 heavy (non-hydrogen) atoms. The molecule has 1 fully saturated rings. The van der Waals surface area contributed by atoms with E-state index in [2.05, 4.69) is 0 Å². The van der Waals surface area contributed by atoms with Crippen molar-refractivity contribution in [3.05, 3.63) is 0 Å². The Morgan fingerprint density at radius 3 is 2.59 bits per heavy atom. The van der Waals surface area contributed by atoms with Crippen LogP contribution in [0.15, 0.2) is 0 Å². The van der Waals surface area contributed by atoms with Crippen molar-refractivity contribution < 1.29 is 19.4 Å². The molecule has 0 aromatic carbocycles. The van der Waals surface area contributed by atoms with Crippen molar-refractivity contribution in [1.29, 1.82) is 0 Å². The van der Waals surface area contributed by atoms with Crippen LogP contribution < -0.4 is 0 Å². The van der Waals surface area contributed by atoms with Crippen LogP contribution in [0, 0.1) is 0 Å². The van der Waals surface area contributed by atoms with Gasteiger partial charge in [-0.2, -0.15) is 0 Å². The van der Waals surface area contributed by atoms with Gasteiger partial charge in [-0.25, -0.2) is 0 Å². The highest BCUT2D eigenvalue weighted by atomic mass is 16.5. The molecule has 1 saturated carbocycles. The van der Waals surface area contributed by atoms with Gasteiger partial charge in [0.05, 0.1) is 12.1 Å². The molecule has 0 aliphatic heterocycles. The van der Waals surface area contributed by atoms with Gasteiger partial charge < -0.3 is 19.5 Å². The first-order valence-corrected chi connectivity index (χ1v) is 6.07. The summed E-state index contributed by atoms with van der Waals surface area (Å²) in [7, 11) is 4.81. The largest absolute Gasteiger partial charge is 0.388 e. The highest BCUT2D eigenvalue weighted by molar-refractivity contribution is 5.77. The molecule has 0 aromatic heterocycles. The molecule has 1 amide bonds. The fraction of sp³-hybridized carbons (Fsp3) is 0.917. The highest BCUT2D eigenvalue weighted by Crippen LogP contribution is 2.24. The first-order valence-electron chi connectivity index (χ1n) is 6.07. The van der Waals surface area contributed by atoms with Crippen molar-refractivity contribution in [2.75, 3.05) is 27.9 Å². The summed E-state index contributed by atoms with van der Waals surface area (Å²) in [6.45, 7) is 0.0529. The summed E-state index contributed by atoms with van der Waals surface area (Å²) in [4.78, 5) is 13.3. The summed E-state index contributed by atoms with van der Waals surface area (Å²) in [6.07, 6.45) is 2.89. The lowest BCUT2D eigenvalue weighted by molar-refractivity contribution is -0.140. The van der Waals surface area contributed by atoms with Gasteiger partial charge in [-0.1, -0.05) is 12.8 Å². The van der Waals surface area contributed by atoms with Gasteiger partial charge >= 0.3 is 0 Å². The van der Waals surface area contributed by atoms with E-state index in [0.29, 0.717) is 0 Å². The maximum atomic E-state index is 11.7. The van der Waals surface area contributed by atoms with Crippen LogP contribution in [-0.2, 0) is 14.3 Å². The third kappa shape index (κ3) is 3.66. The predicted molar refractivity (Wildman–Crippen MR) is 63.7 cm³/mol. The average Bonchev–Trinajstić information content (AvgIpc) is 2.50. The van der Waals surface area contributed by atoms with E-state index in [1.165, 1.54) is 7.11 Å². The quantitative estimate of drug-likeness (QED) is 0.729. The Labute approximate surface area is 103 Å². The standard InChI is InChI=1S/C12H23NO4/c1-13(11(14)8-16-2)9-6-4-5-7-10(17-3)12(9)15/h9-10,12,15H,4-8H2,1-3H3/t9-,10-,12-/m1/s1. The number of ether oxygens (including phenoxy) is 2. The number of likely N-dealkylation sites (N-methyl/N-ethyl adjacent to an activating group) is 1. The van der Waals surface area contributed by atoms with Gasteiger partial charge in [0.25, 0.3) is 0 Å². The number of aliphatic hydroxyl groups excluding tert-OH is 1. The van der Waals surface area contributed by atoms with E-state index < -0.39 is 6.10 Å². The van der Waals surface area contributed by atoms with Gasteiger partial charge in [0.2, 0.25) is 5.91 Å². The number of nitrogens with zero attached hydrogens (tertiary/aromatic N) is 1. The Balaban J connectivity index is 2.68. The van der Waals surface area contributed by atoms with E-state index in [1.807, 2.05) is 0 Å². The average molecular weight is 245 g/mol. The molecule has 5 nitrogen and oxygen atoms in total. The number of rotatable bonds is 4. The fourth-order valence-electron chi connectivity index (χ4n) is 2.38. The number of amides is 1. The Morgan fingerprint density at radius 2 is 2.00 bits per heavy atom. The van der Waals surface area contributed by atoms with Gasteiger partial charge in [-0.15, -0.1) is 0 Å². The lowest BCUT2D eigenvalue weighted by Gasteiger charge is -2.33. The van der Waals surface area contributed by atoms with Crippen LogP contribution in [0.4, 0.5) is 0 Å². The van der Waals surface area contributed by atoms with E-state index in [4.69, 9.17) is 9.47 Å². The number of aliphatic hydroxyl groups is 1. The van der Waals surface area contributed by atoms with Crippen molar-refractivity contribution in [1.82, 2.24) is 4.90 Å². The van der Waals surface area contributed by atoms with Crippen LogP contribution in [0.3, 0.4) is 0 Å². The number of methoxy groups -OCH3 is 2. The summed E-state index contributed by atoms with van der Waals surface area (Å²) >= 11 is 0. The van der Waals surface area contributed by atoms with Gasteiger partial charge in [0.15, 0.2) is 0 Å². The molecular formula is C12H23NO4. The second-order valence-electron chi connectivity index (χ2n) is 4.55. The number of carbonyl (C=O) groups excluding carboxylic acids is 1. The van der Waals surface area contributed by atoms with Crippen molar-refractivity contribution in [3.8, 4) is 0 Å².